The predicted octanol–water partition coefficient (Wildman–Crippen LogP) is 3.79. The highest BCUT2D eigenvalue weighted by Gasteiger charge is 2.36. The molecule has 2 nitrogen and oxygen atoms in total. The number of hydrogen-bond donors (Lipinski definition) is 1. The molecule has 1 N–H and O–H groups in total. The normalized spacial score (nSPS) is 12.4. The van der Waals surface area contributed by atoms with Crippen LogP contribution < -0.4 is 5.32 Å². The van der Waals surface area contributed by atoms with Crippen LogP contribution in [0.1, 0.15) is 6.92 Å². The van der Waals surface area contributed by atoms with Crippen LogP contribution in [0.15, 0.2) is 36.0 Å². The monoisotopic (exact) mass is 263 g/mol. The summed E-state index contributed by atoms with van der Waals surface area (Å²) in [6, 6.07) is 6.36. The zero-order valence-electron chi connectivity index (χ0n) is 8.81. The smallest absolute Gasteiger partial charge is 0.359 e. The van der Waals surface area contributed by atoms with E-state index in [1.807, 2.05) is 0 Å². The molecule has 0 heterocycles. The molecule has 0 saturated carbocycles. The second-order valence-electron chi connectivity index (χ2n) is 3.32. The van der Waals surface area contributed by atoms with E-state index in [4.69, 9.17) is 11.6 Å². The van der Waals surface area contributed by atoms with Crippen LogP contribution in [0.5, 0.6) is 0 Å². The van der Waals surface area contributed by atoms with Crippen molar-refractivity contribution in [3.63, 3.8) is 0 Å². The number of alkyl halides is 3. The summed E-state index contributed by atoms with van der Waals surface area (Å²) in [6.07, 6.45) is -4.34. The van der Waals surface area contributed by atoms with Crippen LogP contribution in [0.3, 0.4) is 0 Å². The Kier molecular flexibility index (Phi) is 4.17. The van der Waals surface area contributed by atoms with E-state index in [-0.39, 0.29) is 5.70 Å². The Hall–Kier alpha value is -1.49. The average Bonchev–Trinajstić information content (AvgIpc) is 2.20. The quantitative estimate of drug-likeness (QED) is 0.841. The van der Waals surface area contributed by atoms with Gasteiger partial charge in [0.2, 0.25) is 0 Å². The summed E-state index contributed by atoms with van der Waals surface area (Å²) in [5.74, 6) is -1.89. The minimum Gasteiger partial charge on any atom is -0.359 e. The van der Waals surface area contributed by atoms with Crippen LogP contribution >= 0.6 is 11.6 Å². The fraction of sp³-hybridized carbons (Fsp3) is 0.182. The largest absolute Gasteiger partial charge is 0.454 e. The molecule has 6 heteroatoms. The molecule has 1 aromatic carbocycles. The Morgan fingerprint density at radius 3 is 2.29 bits per heavy atom. The molecule has 0 unspecified atom stereocenters. The number of carbonyl (C=O) groups is 1. The number of anilines is 1. The highest BCUT2D eigenvalue weighted by molar-refractivity contribution is 6.30. The molecule has 0 aliphatic rings. The molecular formula is C11H9ClF3NO. The first-order valence-corrected chi connectivity index (χ1v) is 4.99. The molecule has 0 aliphatic carbocycles. The molecule has 0 spiro atoms. The van der Waals surface area contributed by atoms with Crippen molar-refractivity contribution in [1.82, 2.24) is 0 Å². The van der Waals surface area contributed by atoms with Crippen molar-refractivity contribution < 1.29 is 18.0 Å². The van der Waals surface area contributed by atoms with Crippen LogP contribution in [0, 0.1) is 0 Å². The number of ketones is 1. The van der Waals surface area contributed by atoms with Crippen molar-refractivity contribution in [1.29, 1.82) is 0 Å². The van der Waals surface area contributed by atoms with Crippen molar-refractivity contribution in [3.8, 4) is 0 Å². The Labute approximate surface area is 101 Å². The van der Waals surface area contributed by atoms with E-state index >= 15 is 0 Å². The first-order chi connectivity index (χ1) is 7.79. The highest BCUT2D eigenvalue weighted by Crippen LogP contribution is 2.19. The standard InChI is InChI=1S/C11H9ClF3NO/c1-7(6-10(17)11(13,14)15)16-9-4-2-8(12)3-5-9/h2-6,16H,1H3. The molecule has 0 atom stereocenters. The molecule has 0 saturated heterocycles. The first-order valence-electron chi connectivity index (χ1n) is 4.61. The van der Waals surface area contributed by atoms with Crippen LogP contribution in [0.4, 0.5) is 18.9 Å². The van der Waals surface area contributed by atoms with E-state index in [0.717, 1.165) is 0 Å². The van der Waals surface area contributed by atoms with Crippen molar-refractivity contribution >= 4 is 23.1 Å². The Bertz CT molecular complexity index is 437. The average molecular weight is 264 g/mol. The van der Waals surface area contributed by atoms with Crippen LogP contribution in [0.2, 0.25) is 5.02 Å². The lowest BCUT2D eigenvalue weighted by atomic mass is 10.2. The third-order valence-corrected chi connectivity index (χ3v) is 2.06. The molecule has 0 amide bonds. The SMILES string of the molecule is CC(=CC(=O)C(F)(F)F)Nc1ccc(Cl)cc1. The zero-order valence-corrected chi connectivity index (χ0v) is 9.56. The summed E-state index contributed by atoms with van der Waals surface area (Å²) in [4.78, 5) is 10.7. The van der Waals surface area contributed by atoms with E-state index in [1.54, 1.807) is 24.3 Å². The topological polar surface area (TPSA) is 29.1 Å². The van der Waals surface area contributed by atoms with Crippen molar-refractivity contribution in [2.45, 2.75) is 13.1 Å². The lowest BCUT2D eigenvalue weighted by molar-refractivity contribution is -0.165. The molecule has 0 bridgehead atoms. The predicted molar refractivity (Wildman–Crippen MR) is 59.9 cm³/mol. The zero-order chi connectivity index (χ0) is 13.1. The Morgan fingerprint density at radius 1 is 1.29 bits per heavy atom. The minimum absolute atomic E-state index is 0.106. The summed E-state index contributed by atoms with van der Waals surface area (Å²) in [6.45, 7) is 1.37. The lowest BCUT2D eigenvalue weighted by Crippen LogP contribution is -2.21. The van der Waals surface area contributed by atoms with E-state index in [0.29, 0.717) is 16.8 Å². The molecular weight excluding hydrogens is 255 g/mol. The van der Waals surface area contributed by atoms with Crippen molar-refractivity contribution in [3.05, 3.63) is 41.1 Å². The molecule has 0 aliphatic heterocycles. The maximum absolute atomic E-state index is 12.0. The Morgan fingerprint density at radius 2 is 1.82 bits per heavy atom. The maximum atomic E-state index is 12.0. The van der Waals surface area contributed by atoms with E-state index in [1.165, 1.54) is 6.92 Å². The van der Waals surface area contributed by atoms with E-state index < -0.39 is 12.0 Å². The van der Waals surface area contributed by atoms with Crippen molar-refractivity contribution in [2.75, 3.05) is 5.32 Å². The highest BCUT2D eigenvalue weighted by atomic mass is 35.5. The molecule has 1 aromatic rings. The van der Waals surface area contributed by atoms with Gasteiger partial charge in [0.1, 0.15) is 0 Å². The van der Waals surface area contributed by atoms with Gasteiger partial charge in [-0.2, -0.15) is 13.2 Å². The maximum Gasteiger partial charge on any atom is 0.454 e. The van der Waals surface area contributed by atoms with Crippen molar-refractivity contribution in [2.24, 2.45) is 0 Å². The third kappa shape index (κ3) is 4.48. The number of allylic oxidation sites excluding steroid dienone is 2. The van der Waals surface area contributed by atoms with Gasteiger partial charge < -0.3 is 5.32 Å². The molecule has 92 valence electrons. The lowest BCUT2D eigenvalue weighted by Gasteiger charge is -2.07. The third-order valence-electron chi connectivity index (χ3n) is 1.81. The number of carbonyl (C=O) groups excluding carboxylic acids is 1. The number of nitrogens with one attached hydrogen (secondary N) is 1. The van der Waals surface area contributed by atoms with Gasteiger partial charge in [0, 0.05) is 22.5 Å². The van der Waals surface area contributed by atoms with Gasteiger partial charge in [-0.05, 0) is 31.2 Å². The fourth-order valence-corrected chi connectivity index (χ4v) is 1.20. The van der Waals surface area contributed by atoms with Gasteiger partial charge in [-0.3, -0.25) is 4.79 Å². The summed E-state index contributed by atoms with van der Waals surface area (Å²) in [7, 11) is 0. The van der Waals surface area contributed by atoms with Crippen LogP contribution in [-0.4, -0.2) is 12.0 Å². The van der Waals surface area contributed by atoms with Crippen LogP contribution in [-0.2, 0) is 4.79 Å². The summed E-state index contributed by atoms with van der Waals surface area (Å²) < 4.78 is 35.9. The summed E-state index contributed by atoms with van der Waals surface area (Å²) in [5, 5.41) is 3.17. The molecule has 1 rings (SSSR count). The van der Waals surface area contributed by atoms with Gasteiger partial charge in [0.05, 0.1) is 0 Å². The summed E-state index contributed by atoms with van der Waals surface area (Å²) >= 11 is 5.65. The molecule has 0 radical (unpaired) electrons. The molecule has 0 fully saturated rings. The van der Waals surface area contributed by atoms with E-state index in [2.05, 4.69) is 5.32 Å². The van der Waals surface area contributed by atoms with Gasteiger partial charge in [0.25, 0.3) is 5.78 Å². The van der Waals surface area contributed by atoms with Gasteiger partial charge in [-0.25, -0.2) is 0 Å². The fourth-order valence-electron chi connectivity index (χ4n) is 1.08. The van der Waals surface area contributed by atoms with Gasteiger partial charge in [0.15, 0.2) is 0 Å². The molecule has 0 aromatic heterocycles. The number of halogens is 4. The Balaban J connectivity index is 2.72. The second kappa shape index (κ2) is 5.23. The minimum atomic E-state index is -4.84. The number of benzene rings is 1. The van der Waals surface area contributed by atoms with Crippen LogP contribution in [0.25, 0.3) is 0 Å². The second-order valence-corrected chi connectivity index (χ2v) is 3.76. The van der Waals surface area contributed by atoms with Gasteiger partial charge >= 0.3 is 6.18 Å². The molecule has 17 heavy (non-hydrogen) atoms. The van der Waals surface area contributed by atoms with Gasteiger partial charge in [-0.15, -0.1) is 0 Å². The summed E-state index contributed by atoms with van der Waals surface area (Å²) in [5.41, 5.74) is 0.660. The van der Waals surface area contributed by atoms with Gasteiger partial charge in [-0.1, -0.05) is 11.6 Å². The first kappa shape index (κ1) is 13.6. The van der Waals surface area contributed by atoms with E-state index in [9.17, 15) is 18.0 Å². The number of rotatable bonds is 3. The number of hydrogen-bond acceptors (Lipinski definition) is 2.